The van der Waals surface area contributed by atoms with Crippen LogP contribution in [-0.2, 0) is 6.54 Å². The molecule has 0 fully saturated rings. The highest BCUT2D eigenvalue weighted by atomic mass is 19.2. The average molecular weight is 374 g/mol. The molecule has 0 saturated heterocycles. The Kier molecular flexibility index (Phi) is 5.40. The van der Waals surface area contributed by atoms with Crippen molar-refractivity contribution in [2.45, 2.75) is 6.54 Å². The highest BCUT2D eigenvalue weighted by Gasteiger charge is 2.18. The summed E-state index contributed by atoms with van der Waals surface area (Å²) in [4.78, 5) is 12.0. The zero-order valence-corrected chi connectivity index (χ0v) is 13.9. The van der Waals surface area contributed by atoms with E-state index in [0.29, 0.717) is 23.0 Å². The van der Waals surface area contributed by atoms with Crippen LogP contribution in [0.3, 0.4) is 0 Å². The van der Waals surface area contributed by atoms with Crippen LogP contribution in [0.1, 0.15) is 15.9 Å². The van der Waals surface area contributed by atoms with Crippen molar-refractivity contribution in [2.24, 2.45) is 0 Å². The van der Waals surface area contributed by atoms with Gasteiger partial charge in [-0.15, -0.1) is 0 Å². The third-order valence-electron chi connectivity index (χ3n) is 3.86. The number of hydrogen-bond acceptors (Lipinski definition) is 2. The first kappa shape index (κ1) is 18.4. The molecule has 3 aromatic rings. The van der Waals surface area contributed by atoms with Crippen LogP contribution in [-0.4, -0.2) is 5.91 Å². The standard InChI is InChI=1S/C20H14F4N2O/c21-16-4-2-1-3-12(16)11-25-13-5-7-14(8-6-13)26-20(27)15-9-10-17(22)19(24)18(15)23/h1-10,25H,11H2,(H,26,27). The number of halogens is 4. The highest BCUT2D eigenvalue weighted by molar-refractivity contribution is 6.04. The van der Waals surface area contributed by atoms with Gasteiger partial charge in [0.05, 0.1) is 5.56 Å². The number of benzene rings is 3. The maximum Gasteiger partial charge on any atom is 0.258 e. The third kappa shape index (κ3) is 4.25. The number of hydrogen-bond donors (Lipinski definition) is 2. The van der Waals surface area contributed by atoms with Crippen molar-refractivity contribution in [3.63, 3.8) is 0 Å². The second-order valence-electron chi connectivity index (χ2n) is 5.70. The van der Waals surface area contributed by atoms with Crippen molar-refractivity contribution < 1.29 is 22.4 Å². The van der Waals surface area contributed by atoms with Crippen molar-refractivity contribution in [2.75, 3.05) is 10.6 Å². The maximum absolute atomic E-state index is 13.7. The largest absolute Gasteiger partial charge is 0.381 e. The second-order valence-corrected chi connectivity index (χ2v) is 5.70. The Balaban J connectivity index is 1.65. The van der Waals surface area contributed by atoms with Gasteiger partial charge in [-0.3, -0.25) is 4.79 Å². The van der Waals surface area contributed by atoms with Gasteiger partial charge in [0.15, 0.2) is 17.5 Å². The molecule has 0 radical (unpaired) electrons. The Hall–Kier alpha value is -3.35. The van der Waals surface area contributed by atoms with Gasteiger partial charge in [-0.25, -0.2) is 17.6 Å². The predicted molar refractivity (Wildman–Crippen MR) is 94.4 cm³/mol. The fourth-order valence-electron chi connectivity index (χ4n) is 2.41. The first-order valence-corrected chi connectivity index (χ1v) is 7.98. The van der Waals surface area contributed by atoms with E-state index in [4.69, 9.17) is 0 Å². The minimum absolute atomic E-state index is 0.276. The van der Waals surface area contributed by atoms with Gasteiger partial charge in [0.2, 0.25) is 0 Å². The molecule has 0 bridgehead atoms. The first-order valence-electron chi connectivity index (χ1n) is 7.98. The first-order chi connectivity index (χ1) is 13.0. The number of anilines is 2. The lowest BCUT2D eigenvalue weighted by Gasteiger charge is -2.10. The maximum atomic E-state index is 13.7. The SMILES string of the molecule is O=C(Nc1ccc(NCc2ccccc2F)cc1)c1ccc(F)c(F)c1F. The minimum atomic E-state index is -1.70. The van der Waals surface area contributed by atoms with E-state index in [-0.39, 0.29) is 12.4 Å². The fourth-order valence-corrected chi connectivity index (χ4v) is 2.41. The molecule has 1 amide bonds. The predicted octanol–water partition coefficient (Wildman–Crippen LogP) is 5.11. The molecule has 0 aliphatic carbocycles. The summed E-state index contributed by atoms with van der Waals surface area (Å²) in [5, 5.41) is 5.43. The molecule has 0 aliphatic heterocycles. The number of carbonyl (C=O) groups excluding carboxylic acids is 1. The van der Waals surface area contributed by atoms with Gasteiger partial charge in [0, 0.05) is 23.5 Å². The molecule has 7 heteroatoms. The molecule has 0 spiro atoms. The lowest BCUT2D eigenvalue weighted by molar-refractivity contribution is 0.102. The monoisotopic (exact) mass is 374 g/mol. The second kappa shape index (κ2) is 7.90. The van der Waals surface area contributed by atoms with Crippen molar-refractivity contribution in [1.29, 1.82) is 0 Å². The van der Waals surface area contributed by atoms with Crippen molar-refractivity contribution >= 4 is 17.3 Å². The summed E-state index contributed by atoms with van der Waals surface area (Å²) in [5.41, 5.74) is 0.912. The van der Waals surface area contributed by atoms with Crippen LogP contribution in [0.2, 0.25) is 0 Å². The molecule has 0 aliphatic rings. The van der Waals surface area contributed by atoms with E-state index >= 15 is 0 Å². The summed E-state index contributed by atoms with van der Waals surface area (Å²) in [6, 6.07) is 14.3. The number of nitrogens with one attached hydrogen (secondary N) is 2. The average Bonchev–Trinajstić information content (AvgIpc) is 2.66. The van der Waals surface area contributed by atoms with Crippen molar-refractivity contribution in [3.8, 4) is 0 Å². The topological polar surface area (TPSA) is 41.1 Å². The molecule has 3 aromatic carbocycles. The zero-order valence-electron chi connectivity index (χ0n) is 13.9. The Morgan fingerprint density at radius 2 is 1.41 bits per heavy atom. The summed E-state index contributed by atoms with van der Waals surface area (Å²) in [7, 11) is 0. The summed E-state index contributed by atoms with van der Waals surface area (Å²) in [6.07, 6.45) is 0. The van der Waals surface area contributed by atoms with Crippen molar-refractivity contribution in [3.05, 3.63) is 95.1 Å². The zero-order chi connectivity index (χ0) is 19.4. The van der Waals surface area contributed by atoms with Gasteiger partial charge in [-0.05, 0) is 42.5 Å². The van der Waals surface area contributed by atoms with Crippen LogP contribution in [0.15, 0.2) is 60.7 Å². The van der Waals surface area contributed by atoms with Gasteiger partial charge < -0.3 is 10.6 Å². The molecular formula is C20H14F4N2O. The van der Waals surface area contributed by atoms with Gasteiger partial charge in [-0.2, -0.15) is 0 Å². The van der Waals surface area contributed by atoms with E-state index in [1.165, 1.54) is 6.07 Å². The summed E-state index contributed by atoms with van der Waals surface area (Å²) in [6.45, 7) is 0.276. The van der Waals surface area contributed by atoms with Gasteiger partial charge in [0.25, 0.3) is 5.91 Å². The lowest BCUT2D eigenvalue weighted by Crippen LogP contribution is -2.15. The fraction of sp³-hybridized carbons (Fsp3) is 0.0500. The summed E-state index contributed by atoms with van der Waals surface area (Å²) >= 11 is 0. The summed E-state index contributed by atoms with van der Waals surface area (Å²) < 4.78 is 53.4. The molecule has 3 nitrogen and oxygen atoms in total. The van der Waals surface area contributed by atoms with E-state index in [2.05, 4.69) is 10.6 Å². The molecule has 27 heavy (non-hydrogen) atoms. The van der Waals surface area contributed by atoms with Gasteiger partial charge in [0.1, 0.15) is 5.82 Å². The number of carbonyl (C=O) groups is 1. The molecule has 138 valence electrons. The Bertz CT molecular complexity index is 974. The van der Waals surface area contributed by atoms with Crippen LogP contribution in [0.25, 0.3) is 0 Å². The van der Waals surface area contributed by atoms with Gasteiger partial charge >= 0.3 is 0 Å². The van der Waals surface area contributed by atoms with Crippen LogP contribution in [0.4, 0.5) is 28.9 Å². The smallest absolute Gasteiger partial charge is 0.258 e. The molecule has 0 unspecified atom stereocenters. The number of amides is 1. The Labute approximate surface area is 152 Å². The molecule has 0 atom stereocenters. The van der Waals surface area contributed by atoms with Gasteiger partial charge in [-0.1, -0.05) is 18.2 Å². The molecule has 0 heterocycles. The van der Waals surface area contributed by atoms with Crippen LogP contribution < -0.4 is 10.6 Å². The normalized spacial score (nSPS) is 10.5. The quantitative estimate of drug-likeness (QED) is 0.481. The van der Waals surface area contributed by atoms with E-state index in [1.807, 2.05) is 0 Å². The number of rotatable bonds is 5. The summed E-state index contributed by atoms with van der Waals surface area (Å²) in [5.74, 6) is -5.83. The lowest BCUT2D eigenvalue weighted by atomic mass is 10.1. The highest BCUT2D eigenvalue weighted by Crippen LogP contribution is 2.19. The molecule has 0 saturated carbocycles. The molecule has 0 aromatic heterocycles. The minimum Gasteiger partial charge on any atom is -0.381 e. The van der Waals surface area contributed by atoms with Crippen LogP contribution in [0, 0.1) is 23.3 Å². The molecular weight excluding hydrogens is 360 g/mol. The molecule has 2 N–H and O–H groups in total. The van der Waals surface area contributed by atoms with E-state index in [0.717, 1.165) is 6.07 Å². The third-order valence-corrected chi connectivity index (χ3v) is 3.86. The Morgan fingerprint density at radius 3 is 2.11 bits per heavy atom. The van der Waals surface area contributed by atoms with E-state index < -0.39 is 28.9 Å². The van der Waals surface area contributed by atoms with E-state index in [1.54, 1.807) is 42.5 Å². The van der Waals surface area contributed by atoms with E-state index in [9.17, 15) is 22.4 Å². The van der Waals surface area contributed by atoms with Crippen LogP contribution in [0.5, 0.6) is 0 Å². The molecule has 3 rings (SSSR count). The van der Waals surface area contributed by atoms with Crippen LogP contribution >= 0.6 is 0 Å². The van der Waals surface area contributed by atoms with Crippen molar-refractivity contribution in [1.82, 2.24) is 0 Å². The Morgan fingerprint density at radius 1 is 0.741 bits per heavy atom.